The van der Waals surface area contributed by atoms with Crippen LogP contribution in [0, 0.1) is 0 Å². The summed E-state index contributed by atoms with van der Waals surface area (Å²) in [5.41, 5.74) is 1.20. The van der Waals surface area contributed by atoms with Gasteiger partial charge in [-0.15, -0.1) is 0 Å². The first kappa shape index (κ1) is 20.8. The van der Waals surface area contributed by atoms with Crippen LogP contribution in [0.15, 0.2) is 48.0 Å². The lowest BCUT2D eigenvalue weighted by atomic mass is 9.95. The Hall–Kier alpha value is -3.48. The molecule has 1 saturated heterocycles. The average Bonchev–Trinajstić information content (AvgIpc) is 3.06. The number of carbonyl (C=O) groups excluding carboxylic acids is 2. The maximum Gasteiger partial charge on any atom is 0.295 e. The fourth-order valence-electron chi connectivity index (χ4n) is 3.92. The second-order valence-corrected chi connectivity index (χ2v) is 7.48. The summed E-state index contributed by atoms with van der Waals surface area (Å²) < 4.78 is 16.4. The van der Waals surface area contributed by atoms with Crippen LogP contribution in [0.2, 0.25) is 0 Å². The molecule has 0 radical (unpaired) electrons. The fourth-order valence-corrected chi connectivity index (χ4v) is 3.92. The summed E-state index contributed by atoms with van der Waals surface area (Å²) in [6, 6.07) is 11.5. The minimum Gasteiger partial charge on any atom is -0.507 e. The van der Waals surface area contributed by atoms with Gasteiger partial charge in [0.05, 0.1) is 18.7 Å². The number of benzene rings is 2. The molecule has 0 bridgehead atoms. The summed E-state index contributed by atoms with van der Waals surface area (Å²) in [4.78, 5) is 27.4. The molecule has 1 unspecified atom stereocenters. The Morgan fingerprint density at radius 1 is 1.10 bits per heavy atom. The van der Waals surface area contributed by atoms with Gasteiger partial charge in [0, 0.05) is 12.1 Å². The SMILES string of the molecule is CCCCN1C(=O)C(=O)/C(=C(\O)c2ccc3c(c2)OCCO3)C1c1ccc(OC)cc1. The number of amides is 1. The zero-order chi connectivity index (χ0) is 22.0. The van der Waals surface area contributed by atoms with Crippen molar-refractivity contribution in [2.45, 2.75) is 25.8 Å². The minimum atomic E-state index is -0.690. The molecule has 1 amide bonds. The number of methoxy groups -OCH3 is 1. The van der Waals surface area contributed by atoms with Gasteiger partial charge >= 0.3 is 0 Å². The van der Waals surface area contributed by atoms with Crippen LogP contribution < -0.4 is 14.2 Å². The Morgan fingerprint density at radius 3 is 2.48 bits per heavy atom. The molecule has 2 aromatic rings. The molecule has 2 aromatic carbocycles. The molecule has 0 aromatic heterocycles. The lowest BCUT2D eigenvalue weighted by Crippen LogP contribution is -2.30. The molecule has 162 valence electrons. The number of ether oxygens (including phenoxy) is 3. The summed E-state index contributed by atoms with van der Waals surface area (Å²) in [7, 11) is 1.57. The number of hydrogen-bond donors (Lipinski definition) is 1. The van der Waals surface area contributed by atoms with Crippen molar-refractivity contribution in [2.75, 3.05) is 26.9 Å². The molecule has 2 aliphatic rings. The number of nitrogens with zero attached hydrogens (tertiary/aromatic N) is 1. The maximum absolute atomic E-state index is 13.0. The highest BCUT2D eigenvalue weighted by molar-refractivity contribution is 6.46. The van der Waals surface area contributed by atoms with Crippen LogP contribution in [0.5, 0.6) is 17.2 Å². The molecule has 0 spiro atoms. The van der Waals surface area contributed by atoms with Crippen molar-refractivity contribution in [3.05, 3.63) is 59.2 Å². The number of fused-ring (bicyclic) bond motifs is 1. The van der Waals surface area contributed by atoms with Gasteiger partial charge in [-0.3, -0.25) is 9.59 Å². The van der Waals surface area contributed by atoms with Gasteiger partial charge in [0.15, 0.2) is 11.5 Å². The van der Waals surface area contributed by atoms with Gasteiger partial charge in [-0.1, -0.05) is 25.5 Å². The molecule has 1 fully saturated rings. The Balaban J connectivity index is 1.81. The first-order valence-corrected chi connectivity index (χ1v) is 10.4. The van der Waals surface area contributed by atoms with E-state index in [9.17, 15) is 14.7 Å². The molecule has 0 aliphatic carbocycles. The predicted octanol–water partition coefficient (Wildman–Crippen LogP) is 3.69. The Bertz CT molecular complexity index is 1030. The number of unbranched alkanes of at least 4 members (excludes halogenated alkanes) is 1. The van der Waals surface area contributed by atoms with E-state index in [1.165, 1.54) is 4.90 Å². The van der Waals surface area contributed by atoms with Crippen LogP contribution in [-0.4, -0.2) is 48.6 Å². The van der Waals surface area contributed by atoms with Gasteiger partial charge in [-0.25, -0.2) is 0 Å². The maximum atomic E-state index is 13.0. The van der Waals surface area contributed by atoms with Gasteiger partial charge < -0.3 is 24.2 Å². The number of hydrogen-bond acceptors (Lipinski definition) is 6. The lowest BCUT2D eigenvalue weighted by molar-refractivity contribution is -0.139. The second-order valence-electron chi connectivity index (χ2n) is 7.48. The second kappa shape index (κ2) is 8.71. The molecule has 7 heteroatoms. The fraction of sp³-hybridized carbons (Fsp3) is 0.333. The third kappa shape index (κ3) is 3.83. The van der Waals surface area contributed by atoms with Gasteiger partial charge in [-0.05, 0) is 42.3 Å². The molecule has 4 rings (SSSR count). The molecular formula is C24H25NO6. The van der Waals surface area contributed by atoms with Crippen LogP contribution in [0.3, 0.4) is 0 Å². The molecule has 0 saturated carbocycles. The summed E-state index contributed by atoms with van der Waals surface area (Å²) in [5.74, 6) is 0.225. The van der Waals surface area contributed by atoms with Crippen molar-refractivity contribution < 1.29 is 28.9 Å². The van der Waals surface area contributed by atoms with E-state index in [0.29, 0.717) is 42.6 Å². The zero-order valence-electron chi connectivity index (χ0n) is 17.6. The monoisotopic (exact) mass is 423 g/mol. The number of aliphatic hydroxyl groups excluding tert-OH is 1. The average molecular weight is 423 g/mol. The van der Waals surface area contributed by atoms with Gasteiger partial charge in [0.2, 0.25) is 0 Å². The topological polar surface area (TPSA) is 85.3 Å². The van der Waals surface area contributed by atoms with Crippen molar-refractivity contribution in [1.29, 1.82) is 0 Å². The Kier molecular flexibility index (Phi) is 5.84. The highest BCUT2D eigenvalue weighted by Gasteiger charge is 2.45. The van der Waals surface area contributed by atoms with Gasteiger partial charge in [0.1, 0.15) is 24.7 Å². The van der Waals surface area contributed by atoms with Crippen molar-refractivity contribution in [1.82, 2.24) is 4.90 Å². The van der Waals surface area contributed by atoms with E-state index >= 15 is 0 Å². The number of ketones is 1. The van der Waals surface area contributed by atoms with E-state index in [1.807, 2.05) is 19.1 Å². The van der Waals surface area contributed by atoms with Gasteiger partial charge in [-0.2, -0.15) is 0 Å². The summed E-state index contributed by atoms with van der Waals surface area (Å²) >= 11 is 0. The van der Waals surface area contributed by atoms with Crippen LogP contribution in [0.4, 0.5) is 0 Å². The highest BCUT2D eigenvalue weighted by atomic mass is 16.6. The standard InChI is InChI=1S/C24H25NO6/c1-3-4-11-25-21(15-5-8-17(29-2)9-6-15)20(23(27)24(25)28)22(26)16-7-10-18-19(14-16)31-13-12-30-18/h5-10,14,21,26H,3-4,11-13H2,1-2H3/b22-20-. The van der Waals surface area contributed by atoms with E-state index in [1.54, 1.807) is 37.4 Å². The Labute approximate surface area is 180 Å². The normalized spacial score (nSPS) is 19.5. The van der Waals surface area contributed by atoms with Crippen molar-refractivity contribution in [3.8, 4) is 17.2 Å². The predicted molar refractivity (Wildman–Crippen MR) is 114 cm³/mol. The zero-order valence-corrected chi connectivity index (χ0v) is 17.6. The lowest BCUT2D eigenvalue weighted by Gasteiger charge is -2.25. The van der Waals surface area contributed by atoms with E-state index in [-0.39, 0.29) is 11.3 Å². The summed E-state index contributed by atoms with van der Waals surface area (Å²) in [6.07, 6.45) is 1.63. The molecule has 2 heterocycles. The van der Waals surface area contributed by atoms with E-state index in [0.717, 1.165) is 18.4 Å². The van der Waals surface area contributed by atoms with E-state index in [2.05, 4.69) is 0 Å². The number of likely N-dealkylation sites (tertiary alicyclic amines) is 1. The number of aliphatic hydroxyl groups is 1. The van der Waals surface area contributed by atoms with Crippen molar-refractivity contribution in [3.63, 3.8) is 0 Å². The largest absolute Gasteiger partial charge is 0.507 e. The van der Waals surface area contributed by atoms with Crippen molar-refractivity contribution in [2.24, 2.45) is 0 Å². The third-order valence-electron chi connectivity index (χ3n) is 5.54. The molecule has 2 aliphatic heterocycles. The smallest absolute Gasteiger partial charge is 0.295 e. The third-order valence-corrected chi connectivity index (χ3v) is 5.54. The molecule has 1 N–H and O–H groups in total. The van der Waals surface area contributed by atoms with Crippen molar-refractivity contribution >= 4 is 17.4 Å². The van der Waals surface area contributed by atoms with Crippen LogP contribution in [0.25, 0.3) is 5.76 Å². The summed E-state index contributed by atoms with van der Waals surface area (Å²) in [5, 5.41) is 11.1. The first-order valence-electron chi connectivity index (χ1n) is 10.4. The van der Waals surface area contributed by atoms with E-state index in [4.69, 9.17) is 14.2 Å². The molecule has 31 heavy (non-hydrogen) atoms. The quantitative estimate of drug-likeness (QED) is 0.433. The highest BCUT2D eigenvalue weighted by Crippen LogP contribution is 2.41. The molecule has 7 nitrogen and oxygen atoms in total. The number of carbonyl (C=O) groups is 2. The van der Waals surface area contributed by atoms with Gasteiger partial charge in [0.25, 0.3) is 11.7 Å². The number of rotatable bonds is 6. The number of Topliss-reactive ketones (excluding diaryl/α,β-unsaturated/α-hetero) is 1. The summed E-state index contributed by atoms with van der Waals surface area (Å²) in [6.45, 7) is 3.31. The first-order chi connectivity index (χ1) is 15.0. The minimum absolute atomic E-state index is 0.0722. The van der Waals surface area contributed by atoms with Crippen LogP contribution in [-0.2, 0) is 9.59 Å². The van der Waals surface area contributed by atoms with Crippen LogP contribution >= 0.6 is 0 Å². The molecular weight excluding hydrogens is 398 g/mol. The van der Waals surface area contributed by atoms with Crippen LogP contribution in [0.1, 0.15) is 36.9 Å². The molecule has 1 atom stereocenters. The van der Waals surface area contributed by atoms with E-state index < -0.39 is 17.7 Å². The Morgan fingerprint density at radius 2 is 1.81 bits per heavy atom.